The number of fused-ring (bicyclic) bond motifs is 5. The molecule has 2 bridgehead atoms. The first-order chi connectivity index (χ1) is 16.0. The van der Waals surface area contributed by atoms with Crippen LogP contribution in [-0.4, -0.2) is 43.2 Å². The second-order valence-electron chi connectivity index (χ2n) is 8.26. The van der Waals surface area contributed by atoms with Gasteiger partial charge in [0.2, 0.25) is 0 Å². The Morgan fingerprint density at radius 2 is 1.61 bits per heavy atom. The van der Waals surface area contributed by atoms with Gasteiger partial charge in [-0.3, -0.25) is 9.59 Å². The molecule has 2 fully saturated rings. The van der Waals surface area contributed by atoms with Gasteiger partial charge in [0.05, 0.1) is 37.8 Å². The molecular formula is C25H22N2O6. The molecule has 2 aromatic rings. The summed E-state index contributed by atoms with van der Waals surface area (Å²) in [5, 5.41) is 5.16. The second kappa shape index (κ2) is 8.20. The minimum absolute atomic E-state index is 0.136. The highest BCUT2D eigenvalue weighted by Crippen LogP contribution is 2.52. The number of hydrazone groups is 1. The molecule has 8 heteroatoms. The summed E-state index contributed by atoms with van der Waals surface area (Å²) in [7, 11) is 3.00. The summed E-state index contributed by atoms with van der Waals surface area (Å²) in [6, 6.07) is 11.4. The number of rotatable bonds is 6. The minimum Gasteiger partial charge on any atom is -0.497 e. The summed E-state index contributed by atoms with van der Waals surface area (Å²) in [5.74, 6) is -0.147. The van der Waals surface area contributed by atoms with Crippen molar-refractivity contribution in [3.8, 4) is 17.2 Å². The van der Waals surface area contributed by atoms with Crippen LogP contribution in [0.2, 0.25) is 0 Å². The van der Waals surface area contributed by atoms with E-state index in [4.69, 9.17) is 14.2 Å². The quantitative estimate of drug-likeness (QED) is 0.223. The van der Waals surface area contributed by atoms with E-state index in [1.54, 1.807) is 49.6 Å². The van der Waals surface area contributed by atoms with E-state index in [0.717, 1.165) is 11.4 Å². The lowest BCUT2D eigenvalue weighted by molar-refractivity contribution is -0.140. The number of allylic oxidation sites excluding steroid dienone is 2. The Kier molecular flexibility index (Phi) is 5.20. The number of imide groups is 1. The molecule has 1 saturated carbocycles. The van der Waals surface area contributed by atoms with Crippen LogP contribution in [0.3, 0.4) is 0 Å². The molecule has 0 spiro atoms. The molecule has 0 aromatic heterocycles. The third-order valence-electron chi connectivity index (χ3n) is 6.49. The Hall–Kier alpha value is -3.94. The zero-order valence-corrected chi connectivity index (χ0v) is 18.1. The molecule has 0 N–H and O–H groups in total. The van der Waals surface area contributed by atoms with E-state index in [9.17, 15) is 14.4 Å². The maximum absolute atomic E-state index is 12.7. The summed E-state index contributed by atoms with van der Waals surface area (Å²) in [5.41, 5.74) is 0.957. The molecule has 2 amide bonds. The Labute approximate surface area is 190 Å². The molecule has 8 nitrogen and oxygen atoms in total. The molecule has 3 aliphatic rings. The van der Waals surface area contributed by atoms with Gasteiger partial charge in [-0.05, 0) is 66.3 Å². The predicted octanol–water partition coefficient (Wildman–Crippen LogP) is 3.06. The molecule has 2 aliphatic carbocycles. The van der Waals surface area contributed by atoms with Crippen molar-refractivity contribution in [1.82, 2.24) is 5.01 Å². The molecule has 4 unspecified atom stereocenters. The van der Waals surface area contributed by atoms with Gasteiger partial charge in [0.25, 0.3) is 11.8 Å². The highest BCUT2D eigenvalue weighted by atomic mass is 16.6. The Bertz CT molecular complexity index is 1160. The number of hydrogen-bond acceptors (Lipinski definition) is 7. The molecule has 33 heavy (non-hydrogen) atoms. The van der Waals surface area contributed by atoms with Crippen LogP contribution >= 0.6 is 0 Å². The first-order valence-corrected chi connectivity index (χ1v) is 10.6. The maximum atomic E-state index is 12.7. The molecule has 168 valence electrons. The third-order valence-corrected chi connectivity index (χ3v) is 6.49. The van der Waals surface area contributed by atoms with E-state index < -0.39 is 5.97 Å². The molecule has 4 atom stereocenters. The van der Waals surface area contributed by atoms with Crippen LogP contribution < -0.4 is 14.2 Å². The molecule has 1 heterocycles. The second-order valence-corrected chi connectivity index (χ2v) is 8.26. The highest BCUT2D eigenvalue weighted by molar-refractivity contribution is 6.06. The Morgan fingerprint density at radius 3 is 2.21 bits per heavy atom. The van der Waals surface area contributed by atoms with Gasteiger partial charge in [0.15, 0.2) is 11.5 Å². The first-order valence-electron chi connectivity index (χ1n) is 10.6. The van der Waals surface area contributed by atoms with E-state index in [-0.39, 0.29) is 41.2 Å². The van der Waals surface area contributed by atoms with Crippen molar-refractivity contribution in [1.29, 1.82) is 0 Å². The molecule has 2 aromatic carbocycles. The SMILES string of the molecule is COc1ccc(C(=O)Oc2ccc(C=NN3C(=O)C4C5C=CC(C5)C4C3=O)cc2OC)cc1. The molecule has 1 aliphatic heterocycles. The highest BCUT2D eigenvalue weighted by Gasteiger charge is 2.59. The number of nitrogens with zero attached hydrogens (tertiary/aromatic N) is 2. The average molecular weight is 446 g/mol. The number of carbonyl (C=O) groups excluding carboxylic acids is 3. The van der Waals surface area contributed by atoms with E-state index >= 15 is 0 Å². The monoisotopic (exact) mass is 446 g/mol. The van der Waals surface area contributed by atoms with Gasteiger partial charge in [-0.15, -0.1) is 0 Å². The lowest BCUT2D eigenvalue weighted by Gasteiger charge is -2.13. The van der Waals surface area contributed by atoms with E-state index in [1.165, 1.54) is 13.3 Å². The summed E-state index contributed by atoms with van der Waals surface area (Å²) in [4.78, 5) is 38.0. The number of carbonyl (C=O) groups is 3. The van der Waals surface area contributed by atoms with Gasteiger partial charge in [-0.25, -0.2) is 4.79 Å². The third kappa shape index (κ3) is 3.57. The van der Waals surface area contributed by atoms with E-state index in [1.807, 2.05) is 12.2 Å². The number of ether oxygens (including phenoxy) is 3. The predicted molar refractivity (Wildman–Crippen MR) is 118 cm³/mol. The van der Waals surface area contributed by atoms with Crippen molar-refractivity contribution in [2.45, 2.75) is 6.42 Å². The van der Waals surface area contributed by atoms with Crippen LogP contribution in [0.4, 0.5) is 0 Å². The van der Waals surface area contributed by atoms with Crippen LogP contribution in [0.5, 0.6) is 17.2 Å². The first kappa shape index (κ1) is 20.9. The van der Waals surface area contributed by atoms with Crippen molar-refractivity contribution < 1.29 is 28.6 Å². The minimum atomic E-state index is -0.541. The van der Waals surface area contributed by atoms with Crippen LogP contribution in [0.1, 0.15) is 22.3 Å². The fourth-order valence-electron chi connectivity index (χ4n) is 4.86. The Morgan fingerprint density at radius 1 is 0.939 bits per heavy atom. The molecule has 0 radical (unpaired) electrons. The standard InChI is InChI=1S/C25H22N2O6/c1-31-18-8-6-15(7-9-18)25(30)33-19-10-3-14(11-20(19)32-2)13-26-27-23(28)21-16-4-5-17(12-16)22(21)24(27)29/h3-11,13,16-17,21-22H,12H2,1-2H3. The lowest BCUT2D eigenvalue weighted by atomic mass is 9.85. The molecule has 5 rings (SSSR count). The smallest absolute Gasteiger partial charge is 0.343 e. The molecular weight excluding hydrogens is 424 g/mol. The number of esters is 1. The van der Waals surface area contributed by atoms with Crippen molar-refractivity contribution in [3.63, 3.8) is 0 Å². The summed E-state index contributed by atoms with van der Waals surface area (Å²) in [6.07, 6.45) is 6.39. The Balaban J connectivity index is 1.30. The average Bonchev–Trinajstić information content (AvgIpc) is 3.52. The summed E-state index contributed by atoms with van der Waals surface area (Å²) in [6.45, 7) is 0. The van der Waals surface area contributed by atoms with Crippen molar-refractivity contribution in [2.24, 2.45) is 28.8 Å². The van der Waals surface area contributed by atoms with Crippen molar-refractivity contribution in [2.75, 3.05) is 14.2 Å². The van der Waals surface area contributed by atoms with Crippen LogP contribution in [0.15, 0.2) is 59.7 Å². The van der Waals surface area contributed by atoms with Gasteiger partial charge in [0.1, 0.15) is 5.75 Å². The van der Waals surface area contributed by atoms with Gasteiger partial charge >= 0.3 is 5.97 Å². The number of hydrogen-bond donors (Lipinski definition) is 0. The number of amides is 2. The van der Waals surface area contributed by atoms with E-state index in [2.05, 4.69) is 5.10 Å². The van der Waals surface area contributed by atoms with Crippen LogP contribution in [-0.2, 0) is 9.59 Å². The number of methoxy groups -OCH3 is 2. The van der Waals surface area contributed by atoms with Crippen molar-refractivity contribution in [3.05, 3.63) is 65.7 Å². The zero-order chi connectivity index (χ0) is 23.1. The van der Waals surface area contributed by atoms with E-state index in [0.29, 0.717) is 22.6 Å². The van der Waals surface area contributed by atoms with Gasteiger partial charge < -0.3 is 14.2 Å². The van der Waals surface area contributed by atoms with Crippen LogP contribution in [0, 0.1) is 23.7 Å². The largest absolute Gasteiger partial charge is 0.497 e. The van der Waals surface area contributed by atoms with Gasteiger partial charge in [-0.2, -0.15) is 10.1 Å². The fraction of sp³-hybridized carbons (Fsp3) is 0.280. The normalized spacial score (nSPS) is 25.1. The van der Waals surface area contributed by atoms with Crippen molar-refractivity contribution >= 4 is 24.0 Å². The fourth-order valence-corrected chi connectivity index (χ4v) is 4.86. The zero-order valence-electron chi connectivity index (χ0n) is 18.1. The molecule has 1 saturated heterocycles. The maximum Gasteiger partial charge on any atom is 0.343 e. The topological polar surface area (TPSA) is 94.5 Å². The summed E-state index contributed by atoms with van der Waals surface area (Å²) >= 11 is 0. The summed E-state index contributed by atoms with van der Waals surface area (Å²) < 4.78 is 15.9. The van der Waals surface area contributed by atoms with Gasteiger partial charge in [-0.1, -0.05) is 12.2 Å². The number of benzene rings is 2. The van der Waals surface area contributed by atoms with Gasteiger partial charge in [0, 0.05) is 0 Å². The van der Waals surface area contributed by atoms with Crippen LogP contribution in [0.25, 0.3) is 0 Å². The lowest BCUT2D eigenvalue weighted by Crippen LogP contribution is -2.28.